The predicted molar refractivity (Wildman–Crippen MR) is 81.5 cm³/mol. The van der Waals surface area contributed by atoms with Crippen LogP contribution in [0.15, 0.2) is 33.6 Å². The van der Waals surface area contributed by atoms with E-state index < -0.39 is 17.8 Å². The van der Waals surface area contributed by atoms with Crippen LogP contribution in [0.2, 0.25) is 0 Å². The van der Waals surface area contributed by atoms with Gasteiger partial charge in [-0.15, -0.1) is 5.10 Å². The molecule has 2 heterocycles. The number of nitrogens with one attached hydrogen (secondary N) is 3. The van der Waals surface area contributed by atoms with Crippen LogP contribution in [0.3, 0.4) is 0 Å². The van der Waals surface area contributed by atoms with Crippen LogP contribution in [0.4, 0.5) is 16.3 Å². The molecule has 0 saturated carbocycles. The highest BCUT2D eigenvalue weighted by Gasteiger charge is 2.12. The van der Waals surface area contributed by atoms with E-state index in [0.29, 0.717) is 11.2 Å². The summed E-state index contributed by atoms with van der Waals surface area (Å²) in [7, 11) is 1.22. The van der Waals surface area contributed by atoms with Crippen LogP contribution in [0, 0.1) is 0 Å². The van der Waals surface area contributed by atoms with Gasteiger partial charge in [-0.1, -0.05) is 6.07 Å². The molecule has 0 radical (unpaired) electrons. The molecule has 0 spiro atoms. The zero-order valence-corrected chi connectivity index (χ0v) is 12.4. The number of amides is 2. The van der Waals surface area contributed by atoms with E-state index in [1.165, 1.54) is 13.3 Å². The van der Waals surface area contributed by atoms with Gasteiger partial charge in [0.2, 0.25) is 5.91 Å². The summed E-state index contributed by atoms with van der Waals surface area (Å²) in [5.41, 5.74) is 1.06. The van der Waals surface area contributed by atoms with Crippen LogP contribution in [0.5, 0.6) is 0 Å². The smallest absolute Gasteiger partial charge is 0.417 e. The average molecular weight is 332 g/mol. The Morgan fingerprint density at radius 3 is 3.00 bits per heavy atom. The third-order valence-electron chi connectivity index (χ3n) is 2.96. The Balaban J connectivity index is 1.69. The maximum absolute atomic E-state index is 12.1. The van der Waals surface area contributed by atoms with E-state index in [2.05, 4.69) is 30.6 Å². The lowest BCUT2D eigenvalue weighted by molar-refractivity contribution is -0.117. The van der Waals surface area contributed by atoms with Crippen molar-refractivity contribution in [3.63, 3.8) is 0 Å². The molecule has 0 saturated heterocycles. The number of oxazole rings is 1. The van der Waals surface area contributed by atoms with Crippen molar-refractivity contribution >= 4 is 34.6 Å². The molecule has 2 aromatic heterocycles. The molecule has 11 heteroatoms. The van der Waals surface area contributed by atoms with Gasteiger partial charge >= 0.3 is 11.8 Å². The fraction of sp³-hybridized carbons (Fsp3) is 0.154. The SMILES string of the molecule is COC(=O)Nc1cnn(CC(=O)Nc2cccc3[nH]c(=O)oc23)n1. The number of aromatic nitrogens is 4. The number of carbonyl (C=O) groups excluding carboxylic acids is 2. The van der Waals surface area contributed by atoms with Gasteiger partial charge in [-0.25, -0.2) is 9.59 Å². The quantitative estimate of drug-likeness (QED) is 0.632. The van der Waals surface area contributed by atoms with Crippen molar-refractivity contribution in [2.45, 2.75) is 6.54 Å². The molecule has 24 heavy (non-hydrogen) atoms. The van der Waals surface area contributed by atoms with Crippen LogP contribution < -0.4 is 16.4 Å². The monoisotopic (exact) mass is 332 g/mol. The zero-order chi connectivity index (χ0) is 17.1. The summed E-state index contributed by atoms with van der Waals surface area (Å²) < 4.78 is 9.41. The number of anilines is 2. The maximum Gasteiger partial charge on any atom is 0.417 e. The number of methoxy groups -OCH3 is 1. The summed E-state index contributed by atoms with van der Waals surface area (Å²) in [4.78, 5) is 37.9. The topological polar surface area (TPSA) is 144 Å². The Morgan fingerprint density at radius 1 is 1.38 bits per heavy atom. The average Bonchev–Trinajstić information content (AvgIpc) is 3.13. The molecule has 0 unspecified atom stereocenters. The highest BCUT2D eigenvalue weighted by molar-refractivity contribution is 5.98. The minimum absolute atomic E-state index is 0.147. The first kappa shape index (κ1) is 15.3. The molecule has 3 aromatic rings. The molecule has 3 rings (SSSR count). The summed E-state index contributed by atoms with van der Waals surface area (Å²) in [6.45, 7) is -0.201. The Kier molecular flexibility index (Phi) is 3.97. The van der Waals surface area contributed by atoms with E-state index in [9.17, 15) is 14.4 Å². The Morgan fingerprint density at radius 2 is 2.21 bits per heavy atom. The third-order valence-corrected chi connectivity index (χ3v) is 2.96. The van der Waals surface area contributed by atoms with Gasteiger partial charge in [0.05, 0.1) is 24.5 Å². The van der Waals surface area contributed by atoms with Crippen molar-refractivity contribution in [2.24, 2.45) is 0 Å². The molecule has 11 nitrogen and oxygen atoms in total. The number of carbonyl (C=O) groups is 2. The number of aromatic amines is 1. The number of nitrogens with zero attached hydrogens (tertiary/aromatic N) is 3. The molecule has 0 aliphatic rings. The molecule has 2 amide bonds. The summed E-state index contributed by atoms with van der Waals surface area (Å²) in [6.07, 6.45) is 0.580. The first-order valence-corrected chi connectivity index (χ1v) is 6.72. The minimum Gasteiger partial charge on any atom is -0.453 e. The lowest BCUT2D eigenvalue weighted by Gasteiger charge is -2.04. The second-order valence-electron chi connectivity index (χ2n) is 4.62. The Hall–Kier alpha value is -3.63. The van der Waals surface area contributed by atoms with Crippen LogP contribution in [-0.2, 0) is 16.1 Å². The van der Waals surface area contributed by atoms with Gasteiger partial charge in [-0.05, 0) is 12.1 Å². The molecule has 0 fully saturated rings. The lowest BCUT2D eigenvalue weighted by atomic mass is 10.3. The van der Waals surface area contributed by atoms with Crippen molar-refractivity contribution < 1.29 is 18.7 Å². The fourth-order valence-electron chi connectivity index (χ4n) is 1.98. The standard InChI is InChI=1S/C13H12N6O5/c1-23-12(21)17-9-5-14-19(18-9)6-10(20)15-7-3-2-4-8-11(7)24-13(22)16-8/h2-5H,6H2,1H3,(H,15,20)(H,16,22)(H,17,18,21). The first-order valence-electron chi connectivity index (χ1n) is 6.72. The fourth-order valence-corrected chi connectivity index (χ4v) is 1.98. The van der Waals surface area contributed by atoms with Crippen LogP contribution >= 0.6 is 0 Å². The van der Waals surface area contributed by atoms with Crippen LogP contribution in [0.25, 0.3) is 11.1 Å². The highest BCUT2D eigenvalue weighted by atomic mass is 16.5. The third kappa shape index (κ3) is 3.24. The molecule has 124 valence electrons. The van der Waals surface area contributed by atoms with E-state index in [0.717, 1.165) is 4.80 Å². The van der Waals surface area contributed by atoms with E-state index in [1.54, 1.807) is 18.2 Å². The highest BCUT2D eigenvalue weighted by Crippen LogP contribution is 2.20. The minimum atomic E-state index is -0.694. The summed E-state index contributed by atoms with van der Waals surface area (Å²) in [5, 5.41) is 12.7. The number of fused-ring (bicyclic) bond motifs is 1. The molecule has 1 aromatic carbocycles. The van der Waals surface area contributed by atoms with Gasteiger partial charge in [0.15, 0.2) is 11.4 Å². The van der Waals surface area contributed by atoms with Gasteiger partial charge < -0.3 is 14.5 Å². The van der Waals surface area contributed by atoms with Gasteiger partial charge in [0.1, 0.15) is 6.54 Å². The van der Waals surface area contributed by atoms with E-state index in [-0.39, 0.29) is 17.9 Å². The summed E-state index contributed by atoms with van der Waals surface area (Å²) in [5.74, 6) is -0.904. The van der Waals surface area contributed by atoms with Crippen molar-refractivity contribution in [3.05, 3.63) is 34.9 Å². The lowest BCUT2D eigenvalue weighted by Crippen LogP contribution is -2.20. The van der Waals surface area contributed by atoms with Crippen molar-refractivity contribution in [3.8, 4) is 0 Å². The van der Waals surface area contributed by atoms with Crippen molar-refractivity contribution in [1.82, 2.24) is 20.0 Å². The molecule has 3 N–H and O–H groups in total. The van der Waals surface area contributed by atoms with Gasteiger partial charge in [0.25, 0.3) is 0 Å². The van der Waals surface area contributed by atoms with Gasteiger partial charge in [0, 0.05) is 0 Å². The molecule has 0 aliphatic heterocycles. The molecular formula is C13H12N6O5. The predicted octanol–water partition coefficient (Wildman–Crippen LogP) is 0.530. The molecular weight excluding hydrogens is 320 g/mol. The van der Waals surface area contributed by atoms with Crippen molar-refractivity contribution in [2.75, 3.05) is 17.7 Å². The second kappa shape index (κ2) is 6.24. The second-order valence-corrected chi connectivity index (χ2v) is 4.62. The van der Waals surface area contributed by atoms with Crippen LogP contribution in [-0.4, -0.2) is 39.1 Å². The van der Waals surface area contributed by atoms with E-state index >= 15 is 0 Å². The van der Waals surface area contributed by atoms with E-state index in [4.69, 9.17) is 4.42 Å². The largest absolute Gasteiger partial charge is 0.453 e. The number of hydrogen-bond acceptors (Lipinski definition) is 7. The molecule has 0 bridgehead atoms. The zero-order valence-electron chi connectivity index (χ0n) is 12.4. The maximum atomic E-state index is 12.1. The summed E-state index contributed by atoms with van der Waals surface area (Å²) in [6, 6.07) is 4.90. The van der Waals surface area contributed by atoms with Gasteiger partial charge in [-0.2, -0.15) is 9.90 Å². The number of ether oxygens (including phenoxy) is 1. The molecule has 0 aliphatic carbocycles. The number of hydrogen-bond donors (Lipinski definition) is 3. The number of rotatable bonds is 4. The Labute approximate surface area is 133 Å². The Bertz CT molecular complexity index is 955. The number of para-hydroxylation sites is 1. The normalized spacial score (nSPS) is 10.5. The van der Waals surface area contributed by atoms with E-state index in [1.807, 2.05) is 0 Å². The molecule has 0 atom stereocenters. The van der Waals surface area contributed by atoms with Gasteiger partial charge in [-0.3, -0.25) is 15.1 Å². The summed E-state index contributed by atoms with van der Waals surface area (Å²) >= 11 is 0. The van der Waals surface area contributed by atoms with Crippen molar-refractivity contribution in [1.29, 1.82) is 0 Å². The first-order chi connectivity index (χ1) is 11.5. The van der Waals surface area contributed by atoms with Crippen LogP contribution in [0.1, 0.15) is 0 Å². The number of H-pyrrole nitrogens is 1. The number of benzene rings is 1.